The van der Waals surface area contributed by atoms with Crippen LogP contribution in [0.4, 0.5) is 0 Å². The highest BCUT2D eigenvalue weighted by Crippen LogP contribution is 2.33. The smallest absolute Gasteiger partial charge is 0.263 e. The van der Waals surface area contributed by atoms with E-state index >= 15 is 0 Å². The monoisotopic (exact) mass is 449 g/mol. The lowest BCUT2D eigenvalue weighted by molar-refractivity contribution is 0.0712. The Balaban J connectivity index is 1.41. The van der Waals surface area contributed by atoms with Gasteiger partial charge < -0.3 is 4.90 Å². The summed E-state index contributed by atoms with van der Waals surface area (Å²) >= 11 is 3.17. The number of thiophene rings is 1. The third kappa shape index (κ3) is 5.03. The van der Waals surface area contributed by atoms with Gasteiger partial charge in [0, 0.05) is 30.4 Å². The summed E-state index contributed by atoms with van der Waals surface area (Å²) < 4.78 is 26.0. The second-order valence-corrected chi connectivity index (χ2v) is 11.4. The number of nitrogens with zero attached hydrogens (tertiary/aromatic N) is 2. The summed E-state index contributed by atoms with van der Waals surface area (Å²) in [4.78, 5) is 21.4. The molecule has 1 aliphatic rings. The van der Waals surface area contributed by atoms with Crippen molar-refractivity contribution in [2.45, 2.75) is 25.2 Å². The largest absolute Gasteiger partial charge is 0.337 e. The van der Waals surface area contributed by atoms with Gasteiger partial charge in [0.2, 0.25) is 10.0 Å². The summed E-state index contributed by atoms with van der Waals surface area (Å²) in [6.45, 7) is 1.81. The molecule has 0 aliphatic carbocycles. The first-order chi connectivity index (χ1) is 13.9. The summed E-state index contributed by atoms with van der Waals surface area (Å²) in [6, 6.07) is 11.9. The van der Waals surface area contributed by atoms with Crippen LogP contribution in [0.15, 0.2) is 36.4 Å². The molecule has 9 heteroatoms. The molecule has 154 valence electrons. The fraction of sp³-hybridized carbons (Fsp3) is 0.400. The molecule has 0 spiro atoms. The van der Waals surface area contributed by atoms with Crippen molar-refractivity contribution in [2.75, 3.05) is 25.9 Å². The first-order valence-corrected chi connectivity index (χ1v) is 13.1. The molecular weight excluding hydrogens is 426 g/mol. The van der Waals surface area contributed by atoms with Crippen LogP contribution >= 0.6 is 22.7 Å². The molecule has 4 rings (SSSR count). The van der Waals surface area contributed by atoms with Crippen LogP contribution in [-0.4, -0.2) is 50.1 Å². The molecule has 6 nitrogen and oxygen atoms in total. The minimum absolute atomic E-state index is 0.0585. The number of nitrogens with one attached hydrogen (secondary N) is 1. The van der Waals surface area contributed by atoms with Crippen LogP contribution in [0.3, 0.4) is 0 Å². The van der Waals surface area contributed by atoms with Crippen molar-refractivity contribution in [1.29, 1.82) is 0 Å². The van der Waals surface area contributed by atoms with Gasteiger partial charge in [-0.1, -0.05) is 12.1 Å². The van der Waals surface area contributed by atoms with Gasteiger partial charge >= 0.3 is 0 Å². The van der Waals surface area contributed by atoms with Crippen molar-refractivity contribution >= 4 is 48.8 Å². The summed E-state index contributed by atoms with van der Waals surface area (Å²) in [5.74, 6) is 0.339. The number of amides is 1. The van der Waals surface area contributed by atoms with Gasteiger partial charge in [0.05, 0.1) is 26.4 Å². The van der Waals surface area contributed by atoms with E-state index in [2.05, 4.69) is 10.8 Å². The summed E-state index contributed by atoms with van der Waals surface area (Å²) in [7, 11) is -3.19. The van der Waals surface area contributed by atoms with Gasteiger partial charge in [0.25, 0.3) is 5.91 Å². The number of para-hydroxylation sites is 1. The van der Waals surface area contributed by atoms with E-state index in [1.807, 2.05) is 35.2 Å². The second kappa shape index (κ2) is 8.51. The van der Waals surface area contributed by atoms with Crippen molar-refractivity contribution < 1.29 is 13.2 Å². The number of hydrogen-bond acceptors (Lipinski definition) is 6. The van der Waals surface area contributed by atoms with Crippen LogP contribution in [0.1, 0.15) is 38.3 Å². The van der Waals surface area contributed by atoms with Gasteiger partial charge in [0.1, 0.15) is 0 Å². The lowest BCUT2D eigenvalue weighted by Crippen LogP contribution is -2.38. The highest BCUT2D eigenvalue weighted by Gasteiger charge is 2.28. The molecule has 1 atom stereocenters. The molecule has 0 unspecified atom stereocenters. The predicted molar refractivity (Wildman–Crippen MR) is 118 cm³/mol. The number of rotatable bonds is 6. The SMILES string of the molecule is CS(=O)(=O)NCCc1ccc(C(=O)N2CCC[C@@H](c3nc4ccccc4s3)C2)s1. The fourth-order valence-electron chi connectivity index (χ4n) is 3.57. The van der Waals surface area contributed by atoms with E-state index in [9.17, 15) is 13.2 Å². The molecule has 1 aromatic carbocycles. The van der Waals surface area contributed by atoms with Crippen LogP contribution in [0.2, 0.25) is 0 Å². The molecule has 0 radical (unpaired) electrons. The highest BCUT2D eigenvalue weighted by molar-refractivity contribution is 7.88. The van der Waals surface area contributed by atoms with E-state index in [1.54, 1.807) is 11.3 Å². The summed E-state index contributed by atoms with van der Waals surface area (Å²) in [5, 5.41) is 1.11. The number of piperidine rings is 1. The van der Waals surface area contributed by atoms with Crippen molar-refractivity contribution in [1.82, 2.24) is 14.6 Å². The fourth-order valence-corrected chi connectivity index (χ4v) is 6.11. The van der Waals surface area contributed by atoms with Crippen molar-refractivity contribution in [3.8, 4) is 0 Å². The van der Waals surface area contributed by atoms with Gasteiger partial charge in [0.15, 0.2) is 0 Å². The first kappa shape index (κ1) is 20.5. The summed E-state index contributed by atoms with van der Waals surface area (Å²) in [6.07, 6.45) is 3.76. The lowest BCUT2D eigenvalue weighted by atomic mass is 9.98. The number of likely N-dealkylation sites (tertiary alicyclic amines) is 1. The van der Waals surface area contributed by atoms with E-state index < -0.39 is 10.0 Å². The summed E-state index contributed by atoms with van der Waals surface area (Å²) in [5.41, 5.74) is 1.03. The highest BCUT2D eigenvalue weighted by atomic mass is 32.2. The molecular formula is C20H23N3O3S3. The Bertz CT molecular complexity index is 1090. The number of fused-ring (bicyclic) bond motifs is 1. The number of benzene rings is 1. The minimum Gasteiger partial charge on any atom is -0.337 e. The van der Waals surface area contributed by atoms with Crippen molar-refractivity contribution in [3.05, 3.63) is 51.2 Å². The topological polar surface area (TPSA) is 79.4 Å². The Kier molecular flexibility index (Phi) is 6.00. The Morgan fingerprint density at radius 2 is 2.07 bits per heavy atom. The number of aromatic nitrogens is 1. The third-order valence-electron chi connectivity index (χ3n) is 4.98. The van der Waals surface area contributed by atoms with E-state index in [4.69, 9.17) is 4.98 Å². The molecule has 0 saturated carbocycles. The average Bonchev–Trinajstić information content (AvgIpc) is 3.33. The molecule has 1 N–H and O–H groups in total. The molecule has 1 fully saturated rings. The Morgan fingerprint density at radius 3 is 2.86 bits per heavy atom. The Labute approximate surface area is 178 Å². The first-order valence-electron chi connectivity index (χ1n) is 9.57. The van der Waals surface area contributed by atoms with Crippen molar-refractivity contribution in [3.63, 3.8) is 0 Å². The third-order valence-corrected chi connectivity index (χ3v) is 8.04. The normalized spacial score (nSPS) is 17.7. The maximum absolute atomic E-state index is 13.0. The molecule has 29 heavy (non-hydrogen) atoms. The average molecular weight is 450 g/mol. The van der Waals surface area contributed by atoms with E-state index in [1.165, 1.54) is 16.0 Å². The zero-order valence-electron chi connectivity index (χ0n) is 16.1. The number of carbonyl (C=O) groups is 1. The molecule has 1 aliphatic heterocycles. The molecule has 0 bridgehead atoms. The quantitative estimate of drug-likeness (QED) is 0.625. The maximum atomic E-state index is 13.0. The second-order valence-electron chi connectivity index (χ2n) is 7.29. The number of sulfonamides is 1. The van der Waals surface area contributed by atoms with Gasteiger partial charge in [-0.25, -0.2) is 18.1 Å². The minimum atomic E-state index is -3.19. The Morgan fingerprint density at radius 1 is 1.24 bits per heavy atom. The predicted octanol–water partition coefficient (Wildman–Crippen LogP) is 3.47. The zero-order chi connectivity index (χ0) is 20.4. The number of carbonyl (C=O) groups excluding carboxylic acids is 1. The zero-order valence-corrected chi connectivity index (χ0v) is 18.6. The number of hydrogen-bond donors (Lipinski definition) is 1. The molecule has 1 amide bonds. The Hall–Kier alpha value is -1.81. The molecule has 3 heterocycles. The van der Waals surface area contributed by atoms with E-state index in [0.29, 0.717) is 24.4 Å². The van der Waals surface area contributed by atoms with Crippen LogP contribution < -0.4 is 4.72 Å². The van der Waals surface area contributed by atoms with Gasteiger partial charge in [-0.3, -0.25) is 4.79 Å². The molecule has 1 saturated heterocycles. The van der Waals surface area contributed by atoms with Crippen LogP contribution in [-0.2, 0) is 16.4 Å². The van der Waals surface area contributed by atoms with Crippen LogP contribution in [0.25, 0.3) is 10.2 Å². The van der Waals surface area contributed by atoms with Crippen molar-refractivity contribution in [2.24, 2.45) is 0 Å². The lowest BCUT2D eigenvalue weighted by Gasteiger charge is -2.31. The van der Waals surface area contributed by atoms with Crippen LogP contribution in [0, 0.1) is 0 Å². The van der Waals surface area contributed by atoms with Gasteiger partial charge in [-0.15, -0.1) is 22.7 Å². The number of thiazole rings is 1. The van der Waals surface area contributed by atoms with Crippen LogP contribution in [0.5, 0.6) is 0 Å². The van der Waals surface area contributed by atoms with Gasteiger partial charge in [-0.2, -0.15) is 0 Å². The molecule has 2 aromatic heterocycles. The van der Waals surface area contributed by atoms with E-state index in [0.717, 1.165) is 41.0 Å². The maximum Gasteiger partial charge on any atom is 0.263 e. The van der Waals surface area contributed by atoms with E-state index in [-0.39, 0.29) is 11.8 Å². The van der Waals surface area contributed by atoms with Gasteiger partial charge in [-0.05, 0) is 43.5 Å². The molecule has 3 aromatic rings. The standard InChI is InChI=1S/C20H23N3O3S3/c1-29(25,26)21-11-10-15-8-9-18(27-15)20(24)23-12-4-5-14(13-23)19-22-16-6-2-3-7-17(16)28-19/h2-3,6-9,14,21H,4-5,10-13H2,1H3/t14-/m1/s1.